The van der Waals surface area contributed by atoms with Crippen molar-refractivity contribution in [1.82, 2.24) is 0 Å². The molecule has 0 aromatic heterocycles. The third-order valence-electron chi connectivity index (χ3n) is 4.03. The van der Waals surface area contributed by atoms with E-state index in [2.05, 4.69) is 0 Å². The summed E-state index contributed by atoms with van der Waals surface area (Å²) in [6.07, 6.45) is 11.8. The molecule has 20 heavy (non-hydrogen) atoms. The van der Waals surface area contributed by atoms with E-state index >= 15 is 0 Å². The minimum absolute atomic E-state index is 0.0377. The predicted octanol–water partition coefficient (Wildman–Crippen LogP) is 4.19. The maximum absolute atomic E-state index is 12.3. The molecule has 1 saturated carbocycles. The van der Waals surface area contributed by atoms with Gasteiger partial charge in [-0.1, -0.05) is 51.4 Å². The van der Waals surface area contributed by atoms with Crippen molar-refractivity contribution in [1.29, 1.82) is 0 Å². The number of carbonyl (C=O) groups excluding carboxylic acids is 1. The van der Waals surface area contributed by atoms with E-state index in [0.29, 0.717) is 0 Å². The van der Waals surface area contributed by atoms with Crippen LogP contribution in [-0.2, 0) is 9.53 Å². The first-order valence-electron chi connectivity index (χ1n) is 8.38. The van der Waals surface area contributed by atoms with Crippen LogP contribution in [0.5, 0.6) is 0 Å². The summed E-state index contributed by atoms with van der Waals surface area (Å²) in [5.74, 6) is -0.212. The van der Waals surface area contributed by atoms with E-state index in [0.717, 1.165) is 25.7 Å². The lowest BCUT2D eigenvalue weighted by Crippen LogP contribution is -2.39. The molecule has 1 aliphatic rings. The van der Waals surface area contributed by atoms with E-state index in [1.807, 2.05) is 20.8 Å². The molecular formula is C17H33NO2. The molecule has 0 radical (unpaired) electrons. The second kappa shape index (κ2) is 8.66. The second-order valence-corrected chi connectivity index (χ2v) is 7.21. The van der Waals surface area contributed by atoms with E-state index in [1.165, 1.54) is 38.5 Å². The van der Waals surface area contributed by atoms with Gasteiger partial charge in [0.15, 0.2) is 0 Å². The molecule has 2 N–H and O–H groups in total. The van der Waals surface area contributed by atoms with E-state index in [1.54, 1.807) is 0 Å². The Bertz CT molecular complexity index is 283. The van der Waals surface area contributed by atoms with Crippen molar-refractivity contribution in [2.24, 2.45) is 11.7 Å². The van der Waals surface area contributed by atoms with Gasteiger partial charge in [-0.15, -0.1) is 0 Å². The Morgan fingerprint density at radius 2 is 1.35 bits per heavy atom. The van der Waals surface area contributed by atoms with Crippen molar-refractivity contribution in [3.05, 3.63) is 0 Å². The number of esters is 1. The molecule has 0 saturated heterocycles. The molecule has 0 aromatic rings. The molecule has 0 amide bonds. The Kier molecular flexibility index (Phi) is 7.57. The fourth-order valence-corrected chi connectivity index (χ4v) is 2.89. The van der Waals surface area contributed by atoms with Crippen LogP contribution in [0.15, 0.2) is 0 Å². The maximum Gasteiger partial charge on any atom is 0.311 e. The number of hydrogen-bond donors (Lipinski definition) is 1. The van der Waals surface area contributed by atoms with Crippen molar-refractivity contribution in [2.75, 3.05) is 0 Å². The lowest BCUT2D eigenvalue weighted by Gasteiger charge is -2.27. The van der Waals surface area contributed by atoms with Crippen LogP contribution < -0.4 is 5.73 Å². The number of nitrogens with two attached hydrogens (primary N) is 1. The van der Waals surface area contributed by atoms with Crippen molar-refractivity contribution >= 4 is 5.97 Å². The Morgan fingerprint density at radius 3 is 1.85 bits per heavy atom. The third kappa shape index (κ3) is 7.28. The molecule has 0 bridgehead atoms. The van der Waals surface area contributed by atoms with Crippen LogP contribution in [0.3, 0.4) is 0 Å². The van der Waals surface area contributed by atoms with Gasteiger partial charge in [0, 0.05) is 6.04 Å². The summed E-state index contributed by atoms with van der Waals surface area (Å²) >= 11 is 0. The monoisotopic (exact) mass is 283 g/mol. The van der Waals surface area contributed by atoms with Crippen LogP contribution in [0.25, 0.3) is 0 Å². The number of rotatable bonds is 1. The summed E-state index contributed by atoms with van der Waals surface area (Å²) in [4.78, 5) is 12.3. The van der Waals surface area contributed by atoms with Gasteiger partial charge in [-0.25, -0.2) is 0 Å². The van der Waals surface area contributed by atoms with Gasteiger partial charge in [-0.05, 0) is 33.6 Å². The molecule has 3 nitrogen and oxygen atoms in total. The molecular weight excluding hydrogens is 250 g/mol. The average Bonchev–Trinajstić information content (AvgIpc) is 2.31. The van der Waals surface area contributed by atoms with Gasteiger partial charge in [0.25, 0.3) is 0 Å². The Morgan fingerprint density at radius 1 is 0.900 bits per heavy atom. The topological polar surface area (TPSA) is 52.3 Å². The van der Waals surface area contributed by atoms with Crippen molar-refractivity contribution in [2.45, 2.75) is 96.6 Å². The van der Waals surface area contributed by atoms with Crippen molar-refractivity contribution < 1.29 is 9.53 Å². The summed E-state index contributed by atoms with van der Waals surface area (Å²) in [6, 6.07) is -0.0377. The quantitative estimate of drug-likeness (QED) is 0.734. The molecule has 1 fully saturated rings. The Balaban J connectivity index is 2.58. The number of ether oxygens (including phenoxy) is 1. The standard InChI is InChI=1S/C17H33NO2/c1-17(2,3)20-16(19)14-12-10-8-6-4-5-7-9-11-13-15(14)18/h14-15H,4-13,18H2,1-3H3/t14-,15+/m0/s1. The van der Waals surface area contributed by atoms with Gasteiger partial charge >= 0.3 is 5.97 Å². The van der Waals surface area contributed by atoms with Gasteiger partial charge in [-0.3, -0.25) is 4.79 Å². The first kappa shape index (κ1) is 17.5. The molecule has 0 unspecified atom stereocenters. The minimum Gasteiger partial charge on any atom is -0.460 e. The molecule has 3 heteroatoms. The fourth-order valence-electron chi connectivity index (χ4n) is 2.89. The lowest BCUT2D eigenvalue weighted by molar-refractivity contribution is -0.161. The molecule has 0 aromatic carbocycles. The third-order valence-corrected chi connectivity index (χ3v) is 4.03. The summed E-state index contributed by atoms with van der Waals surface area (Å²) in [5, 5.41) is 0. The minimum atomic E-state index is -0.416. The van der Waals surface area contributed by atoms with E-state index in [9.17, 15) is 4.79 Å². The predicted molar refractivity (Wildman–Crippen MR) is 83.5 cm³/mol. The van der Waals surface area contributed by atoms with Crippen LogP contribution in [0.4, 0.5) is 0 Å². The normalized spacial score (nSPS) is 27.2. The highest BCUT2D eigenvalue weighted by molar-refractivity contribution is 5.73. The smallest absolute Gasteiger partial charge is 0.311 e. The number of hydrogen-bond acceptors (Lipinski definition) is 3. The van der Waals surface area contributed by atoms with Gasteiger partial charge < -0.3 is 10.5 Å². The second-order valence-electron chi connectivity index (χ2n) is 7.21. The van der Waals surface area contributed by atoms with Crippen LogP contribution in [0.2, 0.25) is 0 Å². The molecule has 0 aliphatic heterocycles. The summed E-state index contributed by atoms with van der Waals surface area (Å²) in [7, 11) is 0. The van der Waals surface area contributed by atoms with E-state index in [-0.39, 0.29) is 17.9 Å². The van der Waals surface area contributed by atoms with Crippen molar-refractivity contribution in [3.63, 3.8) is 0 Å². The maximum atomic E-state index is 12.3. The zero-order valence-electron chi connectivity index (χ0n) is 13.6. The van der Waals surface area contributed by atoms with Crippen LogP contribution in [-0.4, -0.2) is 17.6 Å². The highest BCUT2D eigenvalue weighted by Crippen LogP contribution is 2.23. The van der Waals surface area contributed by atoms with Crippen LogP contribution in [0.1, 0.15) is 85.0 Å². The van der Waals surface area contributed by atoms with E-state index < -0.39 is 5.60 Å². The van der Waals surface area contributed by atoms with Gasteiger partial charge in [0.1, 0.15) is 5.60 Å². The largest absolute Gasteiger partial charge is 0.460 e. The van der Waals surface area contributed by atoms with E-state index in [4.69, 9.17) is 10.5 Å². The summed E-state index contributed by atoms with van der Waals surface area (Å²) < 4.78 is 5.55. The molecule has 1 rings (SSSR count). The molecule has 0 heterocycles. The lowest BCUT2D eigenvalue weighted by atomic mass is 9.89. The zero-order valence-corrected chi connectivity index (χ0v) is 13.6. The highest BCUT2D eigenvalue weighted by atomic mass is 16.6. The van der Waals surface area contributed by atoms with Crippen molar-refractivity contribution in [3.8, 4) is 0 Å². The molecule has 2 atom stereocenters. The molecule has 118 valence electrons. The Labute approximate surface area is 124 Å². The van der Waals surface area contributed by atoms with Crippen LogP contribution >= 0.6 is 0 Å². The first-order chi connectivity index (χ1) is 9.40. The van der Waals surface area contributed by atoms with Gasteiger partial charge in [-0.2, -0.15) is 0 Å². The van der Waals surface area contributed by atoms with Crippen LogP contribution in [0, 0.1) is 5.92 Å². The SMILES string of the molecule is CC(C)(C)OC(=O)[C@H]1CCCCCCCCCC[C@H]1N. The van der Waals surface area contributed by atoms with Gasteiger partial charge in [0.05, 0.1) is 5.92 Å². The highest BCUT2D eigenvalue weighted by Gasteiger charge is 2.29. The molecule has 0 spiro atoms. The fraction of sp³-hybridized carbons (Fsp3) is 0.941. The number of carbonyl (C=O) groups is 1. The van der Waals surface area contributed by atoms with Gasteiger partial charge in [0.2, 0.25) is 0 Å². The zero-order chi connectivity index (χ0) is 15.0. The average molecular weight is 283 g/mol. The first-order valence-corrected chi connectivity index (χ1v) is 8.38. The molecule has 1 aliphatic carbocycles. The summed E-state index contributed by atoms with van der Waals surface area (Å²) in [5.41, 5.74) is 5.86. The summed E-state index contributed by atoms with van der Waals surface area (Å²) in [6.45, 7) is 5.77. The Hall–Kier alpha value is -0.570.